The third kappa shape index (κ3) is 3.77. The molecule has 140 valence electrons. The molecule has 28 heavy (non-hydrogen) atoms. The van der Waals surface area contributed by atoms with Gasteiger partial charge in [-0.25, -0.2) is 0 Å². The molecule has 0 aliphatic rings. The number of hydrogen-bond acceptors (Lipinski definition) is 6. The number of rotatable bonds is 5. The van der Waals surface area contributed by atoms with Crippen molar-refractivity contribution in [2.75, 3.05) is 12.4 Å². The summed E-state index contributed by atoms with van der Waals surface area (Å²) in [5.41, 5.74) is 2.49. The van der Waals surface area contributed by atoms with Crippen LogP contribution in [-0.2, 0) is 6.54 Å². The van der Waals surface area contributed by atoms with Crippen molar-refractivity contribution in [2.24, 2.45) is 0 Å². The quantitative estimate of drug-likeness (QED) is 0.497. The van der Waals surface area contributed by atoms with Crippen LogP contribution in [0.15, 0.2) is 65.3 Å². The summed E-state index contributed by atoms with van der Waals surface area (Å²) in [7, 11) is 1.62. The van der Waals surface area contributed by atoms with E-state index in [1.54, 1.807) is 13.3 Å². The highest BCUT2D eigenvalue weighted by Gasteiger charge is 2.11. The molecule has 0 unspecified atom stereocenters. The lowest BCUT2D eigenvalue weighted by Gasteiger charge is -2.13. The number of hydrogen-bond donors (Lipinski definition) is 2. The van der Waals surface area contributed by atoms with Gasteiger partial charge in [0, 0.05) is 22.8 Å². The average molecular weight is 391 g/mol. The van der Waals surface area contributed by atoms with Gasteiger partial charge in [-0.2, -0.15) is 4.98 Å². The Hall–Kier alpha value is -3.52. The maximum absolute atomic E-state index is 5.40. The van der Waals surface area contributed by atoms with Gasteiger partial charge in [-0.1, -0.05) is 35.5 Å². The molecule has 0 radical (unpaired) electrons. The summed E-state index contributed by atoms with van der Waals surface area (Å²) in [6.07, 6.45) is 1.73. The van der Waals surface area contributed by atoms with Crippen LogP contribution in [0.4, 0.5) is 5.69 Å². The van der Waals surface area contributed by atoms with Gasteiger partial charge in [0.2, 0.25) is 11.7 Å². The first-order valence-corrected chi connectivity index (χ1v) is 9.00. The number of thiocarbonyl (C=S) groups is 1. The van der Waals surface area contributed by atoms with Crippen molar-refractivity contribution in [2.45, 2.75) is 6.54 Å². The van der Waals surface area contributed by atoms with Crippen LogP contribution < -0.4 is 15.4 Å². The molecular weight excluding hydrogens is 374 g/mol. The lowest BCUT2D eigenvalue weighted by Crippen LogP contribution is -2.28. The minimum Gasteiger partial charge on any atom is -0.494 e. The first-order valence-electron chi connectivity index (χ1n) is 8.59. The number of pyridine rings is 1. The van der Waals surface area contributed by atoms with E-state index >= 15 is 0 Å². The van der Waals surface area contributed by atoms with Crippen molar-refractivity contribution < 1.29 is 9.26 Å². The fourth-order valence-electron chi connectivity index (χ4n) is 2.77. The van der Waals surface area contributed by atoms with E-state index in [0.29, 0.717) is 29.1 Å². The van der Waals surface area contributed by atoms with Gasteiger partial charge in [-0.3, -0.25) is 4.98 Å². The molecule has 0 aliphatic heterocycles. The van der Waals surface area contributed by atoms with Crippen LogP contribution in [0, 0.1) is 0 Å². The number of ether oxygens (including phenoxy) is 1. The minimum absolute atomic E-state index is 0.317. The monoisotopic (exact) mass is 391 g/mol. The van der Waals surface area contributed by atoms with E-state index < -0.39 is 0 Å². The Morgan fingerprint density at radius 3 is 2.79 bits per heavy atom. The largest absolute Gasteiger partial charge is 0.494 e. The van der Waals surface area contributed by atoms with Gasteiger partial charge in [0.05, 0.1) is 13.7 Å². The zero-order valence-corrected chi connectivity index (χ0v) is 15.9. The number of methoxy groups -OCH3 is 1. The predicted octanol–water partition coefficient (Wildman–Crippen LogP) is 3.78. The summed E-state index contributed by atoms with van der Waals surface area (Å²) in [5, 5.41) is 11.6. The molecule has 2 N–H and O–H groups in total. The smallest absolute Gasteiger partial charge is 0.246 e. The second-order valence-electron chi connectivity index (χ2n) is 5.90. The maximum Gasteiger partial charge on any atom is 0.246 e. The number of nitrogens with one attached hydrogen (secondary N) is 2. The Bertz CT molecular complexity index is 1110. The zero-order valence-electron chi connectivity index (χ0n) is 15.0. The standard InChI is InChI=1S/C20H17N5O2S/c1-26-16-10-9-15(14-8-5-11-21-18(14)16)23-20(28)22-12-17-24-19(25-27-17)13-6-3-2-4-7-13/h2-11H,12H2,1H3,(H2,22,23,28). The lowest BCUT2D eigenvalue weighted by atomic mass is 10.1. The maximum atomic E-state index is 5.40. The summed E-state index contributed by atoms with van der Waals surface area (Å²) < 4.78 is 10.6. The van der Waals surface area contributed by atoms with Gasteiger partial charge < -0.3 is 19.9 Å². The summed E-state index contributed by atoms with van der Waals surface area (Å²) in [5.74, 6) is 1.70. The molecule has 0 saturated carbocycles. The normalized spacial score (nSPS) is 10.6. The summed E-state index contributed by atoms with van der Waals surface area (Å²) in [6.45, 7) is 0.317. The number of fused-ring (bicyclic) bond motifs is 1. The molecule has 0 fully saturated rings. The number of anilines is 1. The van der Waals surface area contributed by atoms with Crippen LogP contribution in [0.5, 0.6) is 5.75 Å². The molecule has 0 saturated heterocycles. The molecule has 8 heteroatoms. The molecule has 7 nitrogen and oxygen atoms in total. The van der Waals surface area contributed by atoms with Crippen molar-refractivity contribution in [1.82, 2.24) is 20.4 Å². The van der Waals surface area contributed by atoms with Crippen LogP contribution in [0.1, 0.15) is 5.89 Å². The predicted molar refractivity (Wildman–Crippen MR) is 111 cm³/mol. The minimum atomic E-state index is 0.317. The highest BCUT2D eigenvalue weighted by molar-refractivity contribution is 7.80. The molecule has 0 atom stereocenters. The van der Waals surface area contributed by atoms with Gasteiger partial charge in [0.1, 0.15) is 11.3 Å². The topological polar surface area (TPSA) is 85.1 Å². The van der Waals surface area contributed by atoms with Crippen LogP contribution in [-0.4, -0.2) is 27.3 Å². The highest BCUT2D eigenvalue weighted by atomic mass is 32.1. The molecule has 0 amide bonds. The Balaban J connectivity index is 1.43. The Kier molecular flexibility index (Phi) is 5.11. The summed E-state index contributed by atoms with van der Waals surface area (Å²) in [6, 6.07) is 17.2. The van der Waals surface area contributed by atoms with Crippen molar-refractivity contribution in [3.8, 4) is 17.1 Å². The Morgan fingerprint density at radius 2 is 1.96 bits per heavy atom. The van der Waals surface area contributed by atoms with Crippen molar-refractivity contribution in [1.29, 1.82) is 0 Å². The molecule has 0 bridgehead atoms. The fraction of sp³-hybridized carbons (Fsp3) is 0.100. The van der Waals surface area contributed by atoms with E-state index in [1.807, 2.05) is 54.6 Å². The van der Waals surface area contributed by atoms with E-state index in [-0.39, 0.29) is 0 Å². The average Bonchev–Trinajstić information content (AvgIpc) is 3.22. The van der Waals surface area contributed by atoms with E-state index in [2.05, 4.69) is 25.8 Å². The van der Waals surface area contributed by atoms with Gasteiger partial charge in [0.15, 0.2) is 5.11 Å². The summed E-state index contributed by atoms with van der Waals surface area (Å²) >= 11 is 5.40. The molecule has 0 spiro atoms. The second kappa shape index (κ2) is 8.01. The van der Waals surface area contributed by atoms with Crippen LogP contribution in [0.2, 0.25) is 0 Å². The number of aromatic nitrogens is 3. The first-order chi connectivity index (χ1) is 13.7. The Labute approximate surface area is 166 Å². The van der Waals surface area contributed by atoms with E-state index in [9.17, 15) is 0 Å². The van der Waals surface area contributed by atoms with E-state index in [4.69, 9.17) is 21.5 Å². The molecule has 4 aromatic rings. The van der Waals surface area contributed by atoms with Gasteiger partial charge >= 0.3 is 0 Å². The first kappa shape index (κ1) is 17.9. The number of benzene rings is 2. The fourth-order valence-corrected chi connectivity index (χ4v) is 2.96. The molecule has 2 aromatic heterocycles. The number of nitrogens with zero attached hydrogens (tertiary/aromatic N) is 3. The van der Waals surface area contributed by atoms with E-state index in [1.165, 1.54) is 0 Å². The van der Waals surface area contributed by atoms with Gasteiger partial charge in [0.25, 0.3) is 0 Å². The van der Waals surface area contributed by atoms with Crippen LogP contribution in [0.3, 0.4) is 0 Å². The van der Waals surface area contributed by atoms with Crippen molar-refractivity contribution >= 4 is 33.9 Å². The molecule has 2 aromatic carbocycles. The van der Waals surface area contributed by atoms with Gasteiger partial charge in [-0.15, -0.1) is 0 Å². The lowest BCUT2D eigenvalue weighted by molar-refractivity contribution is 0.376. The van der Waals surface area contributed by atoms with Crippen LogP contribution >= 0.6 is 12.2 Å². The molecule has 2 heterocycles. The van der Waals surface area contributed by atoms with Crippen molar-refractivity contribution in [3.05, 3.63) is 66.7 Å². The third-order valence-corrected chi connectivity index (χ3v) is 4.35. The zero-order chi connectivity index (χ0) is 19.3. The molecular formula is C20H17N5O2S. The van der Waals surface area contributed by atoms with E-state index in [0.717, 1.165) is 22.2 Å². The Morgan fingerprint density at radius 1 is 1.11 bits per heavy atom. The third-order valence-electron chi connectivity index (χ3n) is 4.10. The summed E-state index contributed by atoms with van der Waals surface area (Å²) in [4.78, 5) is 8.76. The van der Waals surface area contributed by atoms with Gasteiger partial charge in [-0.05, 0) is 36.5 Å². The van der Waals surface area contributed by atoms with Crippen molar-refractivity contribution in [3.63, 3.8) is 0 Å². The molecule has 4 rings (SSSR count). The SMILES string of the molecule is COc1ccc(NC(=S)NCc2nc(-c3ccccc3)no2)c2cccnc12. The molecule has 0 aliphatic carbocycles. The highest BCUT2D eigenvalue weighted by Crippen LogP contribution is 2.29. The second-order valence-corrected chi connectivity index (χ2v) is 6.31. The van der Waals surface area contributed by atoms with Crippen LogP contribution in [0.25, 0.3) is 22.3 Å².